The maximum absolute atomic E-state index is 12.9. The molecule has 0 aliphatic carbocycles. The van der Waals surface area contributed by atoms with Crippen molar-refractivity contribution in [2.45, 2.75) is 34.6 Å². The second-order valence-corrected chi connectivity index (χ2v) is 7.37. The number of carbonyl (C=O) groups excluding carboxylic acids is 2. The number of hydrogen-bond donors (Lipinski definition) is 2. The first-order chi connectivity index (χ1) is 13.1. The molecule has 0 heterocycles. The highest BCUT2D eigenvalue weighted by Crippen LogP contribution is 2.31. The van der Waals surface area contributed by atoms with Gasteiger partial charge in [0.15, 0.2) is 0 Å². The molecule has 0 spiro atoms. The van der Waals surface area contributed by atoms with Crippen molar-refractivity contribution in [1.29, 1.82) is 0 Å². The average Bonchev–Trinajstić information content (AvgIpc) is 2.64. The van der Waals surface area contributed by atoms with Crippen LogP contribution >= 0.6 is 0 Å². The van der Waals surface area contributed by atoms with Crippen LogP contribution in [-0.2, 0) is 9.59 Å². The molecule has 2 aromatic rings. The summed E-state index contributed by atoms with van der Waals surface area (Å²) < 4.78 is 10.5. The summed E-state index contributed by atoms with van der Waals surface area (Å²) in [5.74, 6) is 0.223. The predicted octanol–water partition coefficient (Wildman–Crippen LogP) is 4.23. The van der Waals surface area contributed by atoms with E-state index in [-0.39, 0.29) is 5.91 Å². The minimum atomic E-state index is -1.31. The molecule has 0 saturated carbocycles. The van der Waals surface area contributed by atoms with Crippen LogP contribution in [0.15, 0.2) is 30.3 Å². The van der Waals surface area contributed by atoms with Crippen LogP contribution in [0.4, 0.5) is 11.4 Å². The summed E-state index contributed by atoms with van der Waals surface area (Å²) in [6.45, 7) is 9.05. The van der Waals surface area contributed by atoms with Crippen molar-refractivity contribution < 1.29 is 19.1 Å². The zero-order valence-electron chi connectivity index (χ0n) is 17.5. The zero-order chi connectivity index (χ0) is 21.1. The summed E-state index contributed by atoms with van der Waals surface area (Å²) in [5, 5.41) is 5.68. The Morgan fingerprint density at radius 3 is 1.96 bits per heavy atom. The Hall–Kier alpha value is -3.02. The van der Waals surface area contributed by atoms with E-state index in [1.165, 1.54) is 14.2 Å². The van der Waals surface area contributed by atoms with E-state index in [9.17, 15) is 9.59 Å². The van der Waals surface area contributed by atoms with E-state index in [0.717, 1.165) is 22.4 Å². The average molecular weight is 384 g/mol. The maximum Gasteiger partial charge on any atom is 0.239 e. The van der Waals surface area contributed by atoms with Crippen molar-refractivity contribution in [1.82, 2.24) is 0 Å². The predicted molar refractivity (Wildman–Crippen MR) is 111 cm³/mol. The molecule has 6 heteroatoms. The third kappa shape index (κ3) is 4.44. The SMILES string of the molecule is COc1ccc(OC)c(NC(=O)C(C)(C)C(=O)Nc2c(C)cc(C)cc2C)c1. The summed E-state index contributed by atoms with van der Waals surface area (Å²) in [7, 11) is 3.05. The van der Waals surface area contributed by atoms with Gasteiger partial charge in [0.2, 0.25) is 11.8 Å². The normalized spacial score (nSPS) is 11.0. The Morgan fingerprint density at radius 1 is 0.857 bits per heavy atom. The molecule has 0 aliphatic heterocycles. The van der Waals surface area contributed by atoms with E-state index in [2.05, 4.69) is 10.6 Å². The van der Waals surface area contributed by atoms with Crippen molar-refractivity contribution in [3.05, 3.63) is 47.0 Å². The number of amides is 2. The van der Waals surface area contributed by atoms with Crippen molar-refractivity contribution in [3.63, 3.8) is 0 Å². The largest absolute Gasteiger partial charge is 0.497 e. The molecule has 2 N–H and O–H groups in total. The molecule has 0 radical (unpaired) electrons. The number of methoxy groups -OCH3 is 2. The highest BCUT2D eigenvalue weighted by atomic mass is 16.5. The molecule has 0 atom stereocenters. The van der Waals surface area contributed by atoms with Gasteiger partial charge in [-0.25, -0.2) is 0 Å². The quantitative estimate of drug-likeness (QED) is 0.731. The molecule has 2 amide bonds. The Morgan fingerprint density at radius 2 is 1.43 bits per heavy atom. The van der Waals surface area contributed by atoms with Crippen LogP contribution in [0.2, 0.25) is 0 Å². The Balaban J connectivity index is 2.24. The maximum atomic E-state index is 12.9. The lowest BCUT2D eigenvalue weighted by Gasteiger charge is -2.24. The van der Waals surface area contributed by atoms with Crippen molar-refractivity contribution in [3.8, 4) is 11.5 Å². The molecule has 0 saturated heterocycles. The van der Waals surface area contributed by atoms with Crippen LogP contribution in [-0.4, -0.2) is 26.0 Å². The van der Waals surface area contributed by atoms with Gasteiger partial charge in [0, 0.05) is 11.8 Å². The van der Waals surface area contributed by atoms with Gasteiger partial charge in [0.05, 0.1) is 19.9 Å². The van der Waals surface area contributed by atoms with Crippen molar-refractivity contribution in [2.75, 3.05) is 24.9 Å². The molecule has 150 valence electrons. The molecular weight excluding hydrogens is 356 g/mol. The van der Waals surface area contributed by atoms with Gasteiger partial charge < -0.3 is 20.1 Å². The number of benzene rings is 2. The van der Waals surface area contributed by atoms with Crippen LogP contribution < -0.4 is 20.1 Å². The fourth-order valence-corrected chi connectivity index (χ4v) is 2.94. The number of carbonyl (C=O) groups is 2. The molecule has 0 fully saturated rings. The van der Waals surface area contributed by atoms with Gasteiger partial charge in [0.1, 0.15) is 16.9 Å². The highest BCUT2D eigenvalue weighted by molar-refractivity contribution is 6.14. The van der Waals surface area contributed by atoms with E-state index in [4.69, 9.17) is 9.47 Å². The highest BCUT2D eigenvalue weighted by Gasteiger charge is 2.37. The molecular formula is C22H28N2O4. The smallest absolute Gasteiger partial charge is 0.239 e. The van der Waals surface area contributed by atoms with Crippen molar-refractivity contribution >= 4 is 23.2 Å². The number of nitrogens with one attached hydrogen (secondary N) is 2. The lowest BCUT2D eigenvalue weighted by Crippen LogP contribution is -2.41. The fourth-order valence-electron chi connectivity index (χ4n) is 2.94. The number of aryl methyl sites for hydroxylation is 3. The van der Waals surface area contributed by atoms with Crippen molar-refractivity contribution in [2.24, 2.45) is 5.41 Å². The summed E-state index contributed by atoms with van der Waals surface area (Å²) in [6.07, 6.45) is 0. The van der Waals surface area contributed by atoms with Gasteiger partial charge in [0.25, 0.3) is 0 Å². The van der Waals surface area contributed by atoms with Crippen LogP contribution in [0.25, 0.3) is 0 Å². The zero-order valence-corrected chi connectivity index (χ0v) is 17.5. The summed E-state index contributed by atoms with van der Waals surface area (Å²) in [5.41, 5.74) is 2.90. The van der Waals surface area contributed by atoms with E-state index >= 15 is 0 Å². The second-order valence-electron chi connectivity index (χ2n) is 7.37. The Bertz CT molecular complexity index is 880. The van der Waals surface area contributed by atoms with E-state index in [1.807, 2.05) is 32.9 Å². The second kappa shape index (κ2) is 8.33. The third-order valence-corrected chi connectivity index (χ3v) is 4.71. The van der Waals surface area contributed by atoms with E-state index < -0.39 is 11.3 Å². The molecule has 2 aromatic carbocycles. The summed E-state index contributed by atoms with van der Waals surface area (Å²) in [6, 6.07) is 9.07. The number of ether oxygens (including phenoxy) is 2. The van der Waals surface area contributed by atoms with Crippen LogP contribution in [0.3, 0.4) is 0 Å². The number of anilines is 2. The summed E-state index contributed by atoms with van der Waals surface area (Å²) >= 11 is 0. The number of rotatable bonds is 6. The number of hydrogen-bond acceptors (Lipinski definition) is 4. The standard InChI is InChI=1S/C22H28N2O4/c1-13-10-14(2)19(15(3)11-13)24-21(26)22(4,5)20(25)23-17-12-16(27-6)8-9-18(17)28-7/h8-12H,1-7H3,(H,23,25)(H,24,26). The first-order valence-corrected chi connectivity index (χ1v) is 9.03. The fraction of sp³-hybridized carbons (Fsp3) is 0.364. The lowest BCUT2D eigenvalue weighted by atomic mass is 9.90. The molecule has 2 rings (SSSR count). The third-order valence-electron chi connectivity index (χ3n) is 4.71. The van der Waals surface area contributed by atoms with Gasteiger partial charge in [-0.15, -0.1) is 0 Å². The van der Waals surface area contributed by atoms with E-state index in [0.29, 0.717) is 17.2 Å². The van der Waals surface area contributed by atoms with Gasteiger partial charge >= 0.3 is 0 Å². The van der Waals surface area contributed by atoms with Gasteiger partial charge in [-0.05, 0) is 57.9 Å². The lowest BCUT2D eigenvalue weighted by molar-refractivity contribution is -0.135. The topological polar surface area (TPSA) is 76.7 Å². The molecule has 6 nitrogen and oxygen atoms in total. The minimum Gasteiger partial charge on any atom is -0.497 e. The van der Waals surface area contributed by atoms with Gasteiger partial charge in [-0.2, -0.15) is 0 Å². The van der Waals surface area contributed by atoms with Crippen LogP contribution in [0.5, 0.6) is 11.5 Å². The van der Waals surface area contributed by atoms with Gasteiger partial charge in [-0.3, -0.25) is 9.59 Å². The first-order valence-electron chi connectivity index (χ1n) is 9.03. The molecule has 0 bridgehead atoms. The van der Waals surface area contributed by atoms with Crippen LogP contribution in [0.1, 0.15) is 30.5 Å². The first kappa shape index (κ1) is 21.3. The van der Waals surface area contributed by atoms with E-state index in [1.54, 1.807) is 32.0 Å². The summed E-state index contributed by atoms with van der Waals surface area (Å²) in [4.78, 5) is 25.8. The minimum absolute atomic E-state index is 0.387. The molecule has 0 unspecified atom stereocenters. The van der Waals surface area contributed by atoms with Crippen LogP contribution in [0, 0.1) is 26.2 Å². The molecule has 0 aromatic heterocycles. The van der Waals surface area contributed by atoms with Gasteiger partial charge in [-0.1, -0.05) is 17.7 Å². The Labute approximate surface area is 166 Å². The Kier molecular flexibility index (Phi) is 6.33. The monoisotopic (exact) mass is 384 g/mol. The molecule has 0 aliphatic rings. The molecule has 28 heavy (non-hydrogen) atoms.